The van der Waals surface area contributed by atoms with Crippen LogP contribution in [0.15, 0.2) is 29.4 Å². The molecule has 3 N–H and O–H groups in total. The van der Waals surface area contributed by atoms with Crippen molar-refractivity contribution >= 4 is 24.3 Å². The summed E-state index contributed by atoms with van der Waals surface area (Å²) in [7, 11) is 0. The molecular weight excluding hydrogens is 244 g/mol. The van der Waals surface area contributed by atoms with Crippen LogP contribution in [0.3, 0.4) is 0 Å². The molecule has 88 valence electrons. The lowest BCUT2D eigenvalue weighted by molar-refractivity contribution is 0.172. The summed E-state index contributed by atoms with van der Waals surface area (Å²) in [5, 5.41) is 21.9. The molecule has 0 aliphatic carbocycles. The monoisotopic (exact) mass is 252 g/mol. The lowest BCUT2D eigenvalue weighted by Gasteiger charge is -2.06. The third kappa shape index (κ3) is 2.52. The number of nitrogens with one attached hydrogen (secondary N) is 2. The van der Waals surface area contributed by atoms with Crippen LogP contribution in [-0.2, 0) is 0 Å². The Balaban J connectivity index is 2.29. The largest absolute Gasteiger partial charge is 0.342 e. The molecule has 0 aliphatic heterocycles. The van der Waals surface area contributed by atoms with Crippen LogP contribution in [0.25, 0.3) is 5.69 Å². The summed E-state index contributed by atoms with van der Waals surface area (Å²) in [6.07, 6.45) is 0. The third-order valence-electron chi connectivity index (χ3n) is 1.90. The van der Waals surface area contributed by atoms with E-state index in [4.69, 9.17) is 5.21 Å². The zero-order chi connectivity index (χ0) is 12.3. The number of thiol groups is 1. The first-order valence-corrected chi connectivity index (χ1v) is 4.94. The number of hydrogen-bond acceptors (Lipinski definition) is 6. The molecule has 0 bridgehead atoms. The van der Waals surface area contributed by atoms with Gasteiger partial charge in [-0.1, -0.05) is 6.07 Å². The Morgan fingerprint density at radius 3 is 2.94 bits per heavy atom. The molecule has 9 heteroatoms. The summed E-state index contributed by atoms with van der Waals surface area (Å²) in [5.41, 5.74) is 2.59. The summed E-state index contributed by atoms with van der Waals surface area (Å²) in [5.74, 6) is 0. The highest BCUT2D eigenvalue weighted by Crippen LogP contribution is 2.15. The fourth-order valence-electron chi connectivity index (χ4n) is 1.22. The number of carbonyl (C=O) groups excluding carboxylic acids is 1. The maximum absolute atomic E-state index is 10.9. The van der Waals surface area contributed by atoms with Gasteiger partial charge in [-0.15, -0.1) is 17.7 Å². The van der Waals surface area contributed by atoms with E-state index in [9.17, 15) is 4.79 Å². The summed E-state index contributed by atoms with van der Waals surface area (Å²) in [6.45, 7) is 0. The van der Waals surface area contributed by atoms with Gasteiger partial charge in [-0.2, -0.15) is 4.68 Å². The quantitative estimate of drug-likeness (QED) is 0.353. The van der Waals surface area contributed by atoms with Gasteiger partial charge in [0.1, 0.15) is 0 Å². The maximum atomic E-state index is 10.9. The van der Waals surface area contributed by atoms with Crippen molar-refractivity contribution in [3.63, 3.8) is 0 Å². The van der Waals surface area contributed by atoms with Gasteiger partial charge in [-0.25, -0.2) is 10.3 Å². The van der Waals surface area contributed by atoms with Crippen molar-refractivity contribution < 1.29 is 10.0 Å². The number of hydrogen-bond donors (Lipinski definition) is 4. The van der Waals surface area contributed by atoms with Crippen LogP contribution in [-0.4, -0.2) is 31.4 Å². The minimum atomic E-state index is -0.732. The molecule has 1 aromatic heterocycles. The van der Waals surface area contributed by atoms with Crippen LogP contribution in [0.5, 0.6) is 0 Å². The normalized spacial score (nSPS) is 10.0. The fourth-order valence-corrected chi connectivity index (χ4v) is 1.42. The van der Waals surface area contributed by atoms with E-state index in [0.717, 1.165) is 0 Å². The lowest BCUT2D eigenvalue weighted by Crippen LogP contribution is -2.25. The summed E-state index contributed by atoms with van der Waals surface area (Å²) in [6, 6.07) is 6.01. The van der Waals surface area contributed by atoms with E-state index in [2.05, 4.69) is 33.5 Å². The van der Waals surface area contributed by atoms with E-state index in [1.165, 1.54) is 10.2 Å². The highest BCUT2D eigenvalue weighted by Gasteiger charge is 2.06. The molecule has 2 amide bonds. The summed E-state index contributed by atoms with van der Waals surface area (Å²) < 4.78 is 1.39. The fraction of sp³-hybridized carbons (Fsp3) is 0. The van der Waals surface area contributed by atoms with Crippen LogP contribution in [0.2, 0.25) is 0 Å². The van der Waals surface area contributed by atoms with Crippen molar-refractivity contribution in [3.05, 3.63) is 24.3 Å². The van der Waals surface area contributed by atoms with E-state index in [1.54, 1.807) is 24.3 Å². The Bertz CT molecular complexity index is 542. The number of nitrogens with zero attached hydrogens (tertiary/aromatic N) is 4. The molecule has 17 heavy (non-hydrogen) atoms. The molecular formula is C8H8N6O2S. The SMILES string of the molecule is O=C(NO)Nc1cccc(-n2nnnc2S)c1. The molecule has 2 aromatic rings. The minimum Gasteiger partial charge on any atom is -0.306 e. The van der Waals surface area contributed by atoms with Gasteiger partial charge < -0.3 is 5.32 Å². The first kappa shape index (κ1) is 11.4. The van der Waals surface area contributed by atoms with Gasteiger partial charge in [0.15, 0.2) is 0 Å². The van der Waals surface area contributed by atoms with Gasteiger partial charge in [0.25, 0.3) is 0 Å². The predicted molar refractivity (Wildman–Crippen MR) is 60.3 cm³/mol. The predicted octanol–water partition coefficient (Wildman–Crippen LogP) is 0.462. The van der Waals surface area contributed by atoms with Crippen molar-refractivity contribution in [1.82, 2.24) is 25.7 Å². The second-order valence-corrected chi connectivity index (χ2v) is 3.41. The molecule has 0 atom stereocenters. The Hall–Kier alpha value is -2.13. The molecule has 0 saturated carbocycles. The summed E-state index contributed by atoms with van der Waals surface area (Å²) in [4.78, 5) is 10.9. The minimum absolute atomic E-state index is 0.328. The smallest absolute Gasteiger partial charge is 0.306 e. The lowest BCUT2D eigenvalue weighted by atomic mass is 10.3. The number of anilines is 1. The van der Waals surface area contributed by atoms with E-state index in [1.807, 2.05) is 0 Å². The highest BCUT2D eigenvalue weighted by atomic mass is 32.1. The molecule has 0 unspecified atom stereocenters. The van der Waals surface area contributed by atoms with Crippen LogP contribution < -0.4 is 10.8 Å². The molecule has 1 aromatic carbocycles. The molecule has 0 aliphatic rings. The summed E-state index contributed by atoms with van der Waals surface area (Å²) >= 11 is 4.07. The van der Waals surface area contributed by atoms with Gasteiger partial charge in [-0.05, 0) is 28.6 Å². The first-order chi connectivity index (χ1) is 8.20. The van der Waals surface area contributed by atoms with E-state index in [0.29, 0.717) is 16.5 Å². The number of carbonyl (C=O) groups is 1. The zero-order valence-corrected chi connectivity index (χ0v) is 9.30. The molecule has 2 rings (SSSR count). The average Bonchev–Trinajstić information content (AvgIpc) is 2.75. The molecule has 0 radical (unpaired) electrons. The number of benzene rings is 1. The van der Waals surface area contributed by atoms with Crippen molar-refractivity contribution in [2.24, 2.45) is 0 Å². The van der Waals surface area contributed by atoms with E-state index in [-0.39, 0.29) is 0 Å². The number of aromatic nitrogens is 4. The molecule has 0 fully saturated rings. The van der Waals surface area contributed by atoms with Gasteiger partial charge >= 0.3 is 6.03 Å². The van der Waals surface area contributed by atoms with Crippen LogP contribution >= 0.6 is 12.6 Å². The van der Waals surface area contributed by atoms with E-state index >= 15 is 0 Å². The van der Waals surface area contributed by atoms with Gasteiger partial charge in [0.2, 0.25) is 5.16 Å². The Kier molecular flexibility index (Phi) is 3.21. The van der Waals surface area contributed by atoms with Crippen molar-refractivity contribution in [3.8, 4) is 5.69 Å². The Morgan fingerprint density at radius 2 is 2.29 bits per heavy atom. The third-order valence-corrected chi connectivity index (χ3v) is 2.18. The maximum Gasteiger partial charge on any atom is 0.342 e. The van der Waals surface area contributed by atoms with Gasteiger partial charge in [0, 0.05) is 5.69 Å². The topological polar surface area (TPSA) is 105 Å². The number of hydroxylamine groups is 1. The molecule has 0 spiro atoms. The first-order valence-electron chi connectivity index (χ1n) is 4.49. The Morgan fingerprint density at radius 1 is 1.47 bits per heavy atom. The number of amides is 2. The Labute approximate surface area is 101 Å². The average molecular weight is 252 g/mol. The second kappa shape index (κ2) is 4.80. The standard InChI is InChI=1S/C8H8N6O2S/c15-7(11-16)9-5-2-1-3-6(4-5)14-8(17)10-12-13-14/h1-4,16H,(H2,9,11,15)(H,10,13,17). The van der Waals surface area contributed by atoms with Gasteiger partial charge in [0.05, 0.1) is 5.69 Å². The van der Waals surface area contributed by atoms with Crippen molar-refractivity contribution in [2.45, 2.75) is 5.16 Å². The molecule has 8 nitrogen and oxygen atoms in total. The highest BCUT2D eigenvalue weighted by molar-refractivity contribution is 7.80. The van der Waals surface area contributed by atoms with Crippen LogP contribution in [0.1, 0.15) is 0 Å². The van der Waals surface area contributed by atoms with Crippen molar-refractivity contribution in [1.29, 1.82) is 0 Å². The zero-order valence-electron chi connectivity index (χ0n) is 8.40. The molecule has 1 heterocycles. The van der Waals surface area contributed by atoms with E-state index < -0.39 is 6.03 Å². The second-order valence-electron chi connectivity index (χ2n) is 3.01. The van der Waals surface area contributed by atoms with Crippen molar-refractivity contribution in [2.75, 3.05) is 5.32 Å². The molecule has 0 saturated heterocycles. The van der Waals surface area contributed by atoms with Crippen LogP contribution in [0.4, 0.5) is 10.5 Å². The number of rotatable bonds is 2. The number of urea groups is 1. The van der Waals surface area contributed by atoms with Gasteiger partial charge in [-0.3, -0.25) is 5.21 Å². The van der Waals surface area contributed by atoms with Crippen LogP contribution in [0, 0.1) is 0 Å². The number of tetrazole rings is 1.